The van der Waals surface area contributed by atoms with Gasteiger partial charge in [0.15, 0.2) is 5.82 Å². The topological polar surface area (TPSA) is 119 Å². The van der Waals surface area contributed by atoms with Gasteiger partial charge < -0.3 is 15.3 Å². The van der Waals surface area contributed by atoms with Gasteiger partial charge in [0, 0.05) is 6.20 Å². The van der Waals surface area contributed by atoms with Crippen LogP contribution < -0.4 is 16.6 Å². The monoisotopic (exact) mass is 234 g/mol. The zero-order chi connectivity index (χ0) is 12.1. The Labute approximate surface area is 96.2 Å². The molecule has 0 aliphatic heterocycles. The molecule has 0 unspecified atom stereocenters. The first-order chi connectivity index (χ1) is 8.29. The second-order valence-electron chi connectivity index (χ2n) is 3.10. The first-order valence-electron chi connectivity index (χ1n) is 4.75. The Morgan fingerprint density at radius 1 is 1.47 bits per heavy atom. The predicted octanol–water partition coefficient (Wildman–Crippen LogP) is -0.320. The number of hydrogen-bond donors (Lipinski definition) is 3. The lowest BCUT2D eigenvalue weighted by atomic mass is 10.3. The van der Waals surface area contributed by atoms with Crippen molar-refractivity contribution >= 4 is 11.6 Å². The number of anilines is 1. The molecular weight excluding hydrogens is 224 g/mol. The predicted molar refractivity (Wildman–Crippen MR) is 57.5 cm³/mol. The Morgan fingerprint density at radius 2 is 2.35 bits per heavy atom. The second kappa shape index (κ2) is 5.03. The highest BCUT2D eigenvalue weighted by atomic mass is 16.5. The van der Waals surface area contributed by atoms with Gasteiger partial charge in [-0.3, -0.25) is 15.6 Å². The van der Waals surface area contributed by atoms with Crippen LogP contribution in [-0.4, -0.2) is 21.0 Å². The number of hydrazine groups is 1. The van der Waals surface area contributed by atoms with Crippen LogP contribution in [0.15, 0.2) is 29.2 Å². The number of rotatable bonds is 4. The average Bonchev–Trinajstić information content (AvgIpc) is 2.89. The molecule has 2 aromatic rings. The van der Waals surface area contributed by atoms with Crippen LogP contribution in [0.1, 0.15) is 16.3 Å². The summed E-state index contributed by atoms with van der Waals surface area (Å²) in [5, 5.41) is 6.16. The number of carbonyl (C=O) groups is 1. The van der Waals surface area contributed by atoms with Crippen LogP contribution in [0, 0.1) is 0 Å². The maximum Gasteiger partial charge on any atom is 0.270 e. The van der Waals surface area contributed by atoms with E-state index in [0.717, 1.165) is 0 Å². The molecule has 0 spiro atoms. The van der Waals surface area contributed by atoms with E-state index in [0.29, 0.717) is 11.5 Å². The Morgan fingerprint density at radius 3 is 3.06 bits per heavy atom. The van der Waals surface area contributed by atoms with Gasteiger partial charge in [0.25, 0.3) is 5.91 Å². The highest BCUT2D eigenvalue weighted by Crippen LogP contribution is 2.05. The molecule has 0 radical (unpaired) electrons. The van der Waals surface area contributed by atoms with Crippen molar-refractivity contribution in [1.82, 2.24) is 20.4 Å². The Balaban J connectivity index is 1.99. The highest BCUT2D eigenvalue weighted by Gasteiger charge is 2.08. The molecule has 4 N–H and O–H groups in total. The van der Waals surface area contributed by atoms with Gasteiger partial charge in [0.1, 0.15) is 5.69 Å². The third-order valence-corrected chi connectivity index (χ3v) is 1.97. The van der Waals surface area contributed by atoms with Crippen LogP contribution in [0.2, 0.25) is 0 Å². The lowest BCUT2D eigenvalue weighted by Crippen LogP contribution is -2.24. The number of hydrogen-bond acceptors (Lipinski definition) is 7. The van der Waals surface area contributed by atoms with Gasteiger partial charge in [-0.1, -0.05) is 5.16 Å². The second-order valence-corrected chi connectivity index (χ2v) is 3.10. The number of nitrogens with two attached hydrogens (primary N) is 1. The molecular formula is C9H10N6O2. The van der Waals surface area contributed by atoms with Crippen molar-refractivity contribution in [3.8, 4) is 0 Å². The molecule has 0 fully saturated rings. The van der Waals surface area contributed by atoms with Crippen LogP contribution in [0.4, 0.5) is 5.69 Å². The van der Waals surface area contributed by atoms with E-state index in [-0.39, 0.29) is 18.1 Å². The Bertz CT molecular complexity index is 498. The first-order valence-corrected chi connectivity index (χ1v) is 4.75. The summed E-state index contributed by atoms with van der Waals surface area (Å²) in [7, 11) is 0. The number of amides is 1. The van der Waals surface area contributed by atoms with E-state index in [9.17, 15) is 4.79 Å². The standard InChI is InChI=1S/C9H10N6O2/c10-14-6-1-2-11-7(3-6)9(16)12-4-8-13-5-17-15-8/h1-3,5H,4,10H2,(H,11,14)(H,12,16). The number of nitrogens with one attached hydrogen (secondary N) is 2. The van der Waals surface area contributed by atoms with Crippen LogP contribution >= 0.6 is 0 Å². The molecule has 8 heteroatoms. The fourth-order valence-corrected chi connectivity index (χ4v) is 1.16. The smallest absolute Gasteiger partial charge is 0.270 e. The summed E-state index contributed by atoms with van der Waals surface area (Å²) in [4.78, 5) is 19.4. The van der Waals surface area contributed by atoms with Crippen LogP contribution in [0.5, 0.6) is 0 Å². The number of nitrogen functional groups attached to an aromatic ring is 1. The van der Waals surface area contributed by atoms with E-state index in [1.54, 1.807) is 6.07 Å². The highest BCUT2D eigenvalue weighted by molar-refractivity contribution is 5.92. The quantitative estimate of drug-likeness (QED) is 0.490. The number of nitrogens with zero attached hydrogens (tertiary/aromatic N) is 3. The van der Waals surface area contributed by atoms with Crippen molar-refractivity contribution in [2.24, 2.45) is 5.84 Å². The molecule has 0 saturated heterocycles. The molecule has 1 amide bonds. The van der Waals surface area contributed by atoms with Crippen molar-refractivity contribution in [1.29, 1.82) is 0 Å². The van der Waals surface area contributed by atoms with Crippen molar-refractivity contribution < 1.29 is 9.32 Å². The largest absolute Gasteiger partial charge is 0.343 e. The Kier molecular flexibility index (Phi) is 3.26. The van der Waals surface area contributed by atoms with Crippen molar-refractivity contribution in [3.63, 3.8) is 0 Å². The van der Waals surface area contributed by atoms with Crippen molar-refractivity contribution in [3.05, 3.63) is 36.2 Å². The van der Waals surface area contributed by atoms with Gasteiger partial charge in [-0.15, -0.1) is 0 Å². The molecule has 2 aromatic heterocycles. The van der Waals surface area contributed by atoms with Gasteiger partial charge in [-0.25, -0.2) is 0 Å². The molecule has 0 bridgehead atoms. The Hall–Kier alpha value is -2.48. The molecule has 0 aromatic carbocycles. The van der Waals surface area contributed by atoms with E-state index in [2.05, 4.69) is 30.4 Å². The zero-order valence-corrected chi connectivity index (χ0v) is 8.75. The lowest BCUT2D eigenvalue weighted by molar-refractivity contribution is 0.0944. The van der Waals surface area contributed by atoms with Crippen LogP contribution in [0.3, 0.4) is 0 Å². The molecule has 8 nitrogen and oxygen atoms in total. The fourth-order valence-electron chi connectivity index (χ4n) is 1.16. The van der Waals surface area contributed by atoms with E-state index in [1.807, 2.05) is 0 Å². The molecule has 0 aliphatic carbocycles. The molecule has 0 aliphatic rings. The summed E-state index contributed by atoms with van der Waals surface area (Å²) in [5.41, 5.74) is 3.29. The number of pyridine rings is 1. The minimum absolute atomic E-state index is 0.178. The summed E-state index contributed by atoms with van der Waals surface area (Å²) < 4.78 is 4.53. The maximum absolute atomic E-state index is 11.7. The first kappa shape index (κ1) is 11.0. The van der Waals surface area contributed by atoms with Gasteiger partial charge in [0.05, 0.1) is 12.2 Å². The van der Waals surface area contributed by atoms with Crippen molar-refractivity contribution in [2.45, 2.75) is 6.54 Å². The third-order valence-electron chi connectivity index (χ3n) is 1.97. The molecule has 0 saturated carbocycles. The molecule has 17 heavy (non-hydrogen) atoms. The summed E-state index contributed by atoms with van der Waals surface area (Å²) in [6.07, 6.45) is 2.68. The summed E-state index contributed by atoms with van der Waals surface area (Å²) in [6.45, 7) is 0.178. The third kappa shape index (κ3) is 2.75. The van der Waals surface area contributed by atoms with E-state index in [4.69, 9.17) is 5.84 Å². The summed E-state index contributed by atoms with van der Waals surface area (Å²) >= 11 is 0. The van der Waals surface area contributed by atoms with E-state index in [1.165, 1.54) is 18.7 Å². The summed E-state index contributed by atoms with van der Waals surface area (Å²) in [5.74, 6) is 5.28. The summed E-state index contributed by atoms with van der Waals surface area (Å²) in [6, 6.07) is 3.18. The van der Waals surface area contributed by atoms with E-state index >= 15 is 0 Å². The average molecular weight is 234 g/mol. The fraction of sp³-hybridized carbons (Fsp3) is 0.111. The van der Waals surface area contributed by atoms with Crippen LogP contribution in [0.25, 0.3) is 0 Å². The van der Waals surface area contributed by atoms with Gasteiger partial charge in [0.2, 0.25) is 6.39 Å². The minimum Gasteiger partial charge on any atom is -0.343 e. The number of aromatic nitrogens is 3. The maximum atomic E-state index is 11.7. The normalized spacial score (nSPS) is 9.94. The number of carbonyl (C=O) groups excluding carboxylic acids is 1. The molecule has 2 heterocycles. The SMILES string of the molecule is NNc1ccnc(C(=O)NCc2ncon2)c1. The van der Waals surface area contributed by atoms with Gasteiger partial charge in [-0.05, 0) is 12.1 Å². The van der Waals surface area contributed by atoms with Crippen LogP contribution in [-0.2, 0) is 6.54 Å². The van der Waals surface area contributed by atoms with Crippen molar-refractivity contribution in [2.75, 3.05) is 5.43 Å². The van der Waals surface area contributed by atoms with Gasteiger partial charge >= 0.3 is 0 Å². The molecule has 88 valence electrons. The van der Waals surface area contributed by atoms with Gasteiger partial charge in [-0.2, -0.15) is 4.98 Å². The van der Waals surface area contributed by atoms with E-state index < -0.39 is 0 Å². The lowest BCUT2D eigenvalue weighted by Gasteiger charge is -2.03. The zero-order valence-electron chi connectivity index (χ0n) is 8.75. The molecule has 0 atom stereocenters. The molecule has 2 rings (SSSR count). The minimum atomic E-state index is -0.341.